The highest BCUT2D eigenvalue weighted by Crippen LogP contribution is 2.41. The summed E-state index contributed by atoms with van der Waals surface area (Å²) in [7, 11) is 0. The van der Waals surface area contributed by atoms with Crippen molar-refractivity contribution in [2.24, 2.45) is 0 Å². The van der Waals surface area contributed by atoms with Crippen molar-refractivity contribution in [3.8, 4) is 5.75 Å². The van der Waals surface area contributed by atoms with Gasteiger partial charge in [-0.3, -0.25) is 9.59 Å². The highest BCUT2D eigenvalue weighted by Gasteiger charge is 2.44. The van der Waals surface area contributed by atoms with Gasteiger partial charge in [0.15, 0.2) is 5.78 Å². The fourth-order valence-corrected chi connectivity index (χ4v) is 4.43. The zero-order valence-electron chi connectivity index (χ0n) is 16.7. The van der Waals surface area contributed by atoms with Gasteiger partial charge in [0.05, 0.1) is 12.0 Å². The van der Waals surface area contributed by atoms with Crippen molar-refractivity contribution >= 4 is 11.7 Å². The number of amides is 1. The number of rotatable bonds is 3. The lowest BCUT2D eigenvalue weighted by Gasteiger charge is -2.44. The molecule has 4 rings (SSSR count). The number of fused-ring (bicyclic) bond motifs is 1. The summed E-state index contributed by atoms with van der Waals surface area (Å²) in [5.41, 5.74) is 3.55. The van der Waals surface area contributed by atoms with Gasteiger partial charge in [-0.15, -0.1) is 0 Å². The molecule has 146 valence electrons. The van der Waals surface area contributed by atoms with E-state index >= 15 is 0 Å². The van der Waals surface area contributed by atoms with E-state index in [1.165, 1.54) is 5.56 Å². The zero-order chi connectivity index (χ0) is 19.7. The van der Waals surface area contributed by atoms with Gasteiger partial charge in [0.2, 0.25) is 5.91 Å². The first-order valence-electron chi connectivity index (χ1n) is 10.1. The van der Waals surface area contributed by atoms with E-state index in [2.05, 4.69) is 18.2 Å². The number of benzene rings is 2. The maximum Gasteiger partial charge on any atom is 0.222 e. The second-order valence-electron chi connectivity index (χ2n) is 8.21. The number of nitrogens with zero attached hydrogens (tertiary/aromatic N) is 1. The molecular weight excluding hydrogens is 350 g/mol. The Kier molecular flexibility index (Phi) is 4.96. The average molecular weight is 377 g/mol. The molecule has 2 aromatic rings. The van der Waals surface area contributed by atoms with E-state index in [1.807, 2.05) is 43.0 Å². The Morgan fingerprint density at radius 3 is 2.54 bits per heavy atom. The largest absolute Gasteiger partial charge is 0.486 e. The van der Waals surface area contributed by atoms with E-state index in [1.54, 1.807) is 0 Å². The van der Waals surface area contributed by atoms with E-state index in [9.17, 15) is 9.59 Å². The summed E-state index contributed by atoms with van der Waals surface area (Å²) in [6, 6.07) is 14.1. The number of hydrogen-bond acceptors (Lipinski definition) is 3. The molecule has 0 unspecified atom stereocenters. The molecule has 1 saturated heterocycles. The van der Waals surface area contributed by atoms with Crippen molar-refractivity contribution in [3.05, 3.63) is 64.7 Å². The highest BCUT2D eigenvalue weighted by molar-refractivity contribution is 6.01. The lowest BCUT2D eigenvalue weighted by molar-refractivity contribution is -0.134. The van der Waals surface area contributed by atoms with E-state index in [0.717, 1.165) is 23.3 Å². The summed E-state index contributed by atoms with van der Waals surface area (Å²) in [5.74, 6) is 1.09. The van der Waals surface area contributed by atoms with Gasteiger partial charge in [-0.05, 0) is 43.0 Å². The number of ketones is 1. The van der Waals surface area contributed by atoms with Crippen LogP contribution in [-0.2, 0) is 11.2 Å². The minimum Gasteiger partial charge on any atom is -0.486 e. The predicted octanol–water partition coefficient (Wildman–Crippen LogP) is 4.26. The maximum atomic E-state index is 12.8. The van der Waals surface area contributed by atoms with Crippen molar-refractivity contribution in [3.63, 3.8) is 0 Å². The van der Waals surface area contributed by atoms with Gasteiger partial charge >= 0.3 is 0 Å². The summed E-state index contributed by atoms with van der Waals surface area (Å²) in [6.45, 7) is 5.31. The van der Waals surface area contributed by atoms with Crippen LogP contribution in [0.1, 0.15) is 52.7 Å². The lowest BCUT2D eigenvalue weighted by Crippen LogP contribution is -2.52. The standard InChI is InChI=1S/C24H27NO3/c1-17-14-18(2)23-20(15-17)21(26)16-24(28-23)10-12-25(13-11-24)22(27)9-8-19-6-4-3-5-7-19/h3-7,14-15H,8-13,16H2,1-2H3. The Hall–Kier alpha value is -2.62. The van der Waals surface area contributed by atoms with Crippen LogP contribution in [0.4, 0.5) is 0 Å². The van der Waals surface area contributed by atoms with Crippen molar-refractivity contribution in [1.29, 1.82) is 0 Å². The average Bonchev–Trinajstić information content (AvgIpc) is 2.69. The molecule has 1 fully saturated rings. The smallest absolute Gasteiger partial charge is 0.222 e. The third kappa shape index (κ3) is 3.68. The molecule has 0 atom stereocenters. The van der Waals surface area contributed by atoms with E-state index in [0.29, 0.717) is 44.3 Å². The second kappa shape index (κ2) is 7.42. The molecule has 2 aromatic carbocycles. The molecule has 2 aliphatic rings. The number of carbonyl (C=O) groups excluding carboxylic acids is 2. The molecule has 0 aromatic heterocycles. The molecule has 28 heavy (non-hydrogen) atoms. The Morgan fingerprint density at radius 1 is 1.11 bits per heavy atom. The molecule has 4 heteroatoms. The molecule has 0 radical (unpaired) electrons. The SMILES string of the molecule is Cc1cc(C)c2c(c1)C(=O)CC1(CCN(C(=O)CCc3ccccc3)CC1)O2. The van der Waals surface area contributed by atoms with Crippen molar-refractivity contribution in [1.82, 2.24) is 4.90 Å². The van der Waals surface area contributed by atoms with Crippen LogP contribution < -0.4 is 4.74 Å². The van der Waals surface area contributed by atoms with E-state index in [4.69, 9.17) is 4.74 Å². The number of ether oxygens (including phenoxy) is 1. The van der Waals surface area contributed by atoms with Crippen LogP contribution in [0.25, 0.3) is 0 Å². The van der Waals surface area contributed by atoms with Crippen molar-refractivity contribution in [2.75, 3.05) is 13.1 Å². The number of likely N-dealkylation sites (tertiary alicyclic amines) is 1. The molecule has 0 saturated carbocycles. The number of hydrogen-bond donors (Lipinski definition) is 0. The zero-order valence-corrected chi connectivity index (χ0v) is 16.7. The van der Waals surface area contributed by atoms with Gasteiger partial charge in [-0.25, -0.2) is 0 Å². The van der Waals surface area contributed by atoms with Crippen LogP contribution in [0.2, 0.25) is 0 Å². The summed E-state index contributed by atoms with van der Waals surface area (Å²) < 4.78 is 6.42. The molecule has 2 aliphatic heterocycles. The third-order valence-corrected chi connectivity index (χ3v) is 6.02. The topological polar surface area (TPSA) is 46.6 Å². The Morgan fingerprint density at radius 2 is 1.82 bits per heavy atom. The van der Waals surface area contributed by atoms with Gasteiger partial charge in [0.1, 0.15) is 11.4 Å². The number of carbonyl (C=O) groups is 2. The molecule has 0 aliphatic carbocycles. The quantitative estimate of drug-likeness (QED) is 0.803. The van der Waals surface area contributed by atoms with Crippen LogP contribution >= 0.6 is 0 Å². The van der Waals surface area contributed by atoms with Crippen molar-refractivity contribution < 1.29 is 14.3 Å². The van der Waals surface area contributed by atoms with Gasteiger partial charge in [0.25, 0.3) is 0 Å². The normalized spacial score (nSPS) is 17.9. The molecule has 1 spiro atoms. The van der Waals surface area contributed by atoms with Gasteiger partial charge in [-0.2, -0.15) is 0 Å². The van der Waals surface area contributed by atoms with Crippen LogP contribution in [0.15, 0.2) is 42.5 Å². The maximum absolute atomic E-state index is 12.8. The summed E-state index contributed by atoms with van der Waals surface area (Å²) >= 11 is 0. The summed E-state index contributed by atoms with van der Waals surface area (Å²) in [5, 5.41) is 0. The minimum atomic E-state index is -0.458. The third-order valence-electron chi connectivity index (χ3n) is 6.02. The number of Topliss-reactive ketones (excluding diaryl/α,β-unsaturated/α-hetero) is 1. The van der Waals surface area contributed by atoms with Crippen LogP contribution in [-0.4, -0.2) is 35.3 Å². The summed E-state index contributed by atoms with van der Waals surface area (Å²) in [4.78, 5) is 27.3. The predicted molar refractivity (Wildman–Crippen MR) is 109 cm³/mol. The van der Waals surface area contributed by atoms with Crippen LogP contribution in [0, 0.1) is 13.8 Å². The first kappa shape index (κ1) is 18.7. The van der Waals surface area contributed by atoms with Crippen LogP contribution in [0.5, 0.6) is 5.75 Å². The highest BCUT2D eigenvalue weighted by atomic mass is 16.5. The summed E-state index contributed by atoms with van der Waals surface area (Å²) in [6.07, 6.45) is 3.13. The Labute approximate surface area is 166 Å². The molecule has 0 N–H and O–H groups in total. The molecule has 1 amide bonds. The second-order valence-corrected chi connectivity index (χ2v) is 8.21. The number of piperidine rings is 1. The first-order chi connectivity index (χ1) is 13.5. The Balaban J connectivity index is 1.39. The Bertz CT molecular complexity index is 896. The van der Waals surface area contributed by atoms with Gasteiger partial charge < -0.3 is 9.64 Å². The number of aryl methyl sites for hydroxylation is 3. The molecule has 0 bridgehead atoms. The van der Waals surface area contributed by atoms with E-state index < -0.39 is 5.60 Å². The minimum absolute atomic E-state index is 0.164. The molecular formula is C24H27NO3. The van der Waals surface area contributed by atoms with Gasteiger partial charge in [0, 0.05) is 32.4 Å². The fraction of sp³-hybridized carbons (Fsp3) is 0.417. The monoisotopic (exact) mass is 377 g/mol. The lowest BCUT2D eigenvalue weighted by atomic mass is 9.81. The van der Waals surface area contributed by atoms with Crippen molar-refractivity contribution in [2.45, 2.75) is 51.6 Å². The van der Waals surface area contributed by atoms with Gasteiger partial charge in [-0.1, -0.05) is 36.4 Å². The molecule has 4 nitrogen and oxygen atoms in total. The first-order valence-corrected chi connectivity index (χ1v) is 10.1. The van der Waals surface area contributed by atoms with E-state index in [-0.39, 0.29) is 11.7 Å². The fourth-order valence-electron chi connectivity index (χ4n) is 4.43. The van der Waals surface area contributed by atoms with Crippen LogP contribution in [0.3, 0.4) is 0 Å². The molecule has 2 heterocycles.